The number of morpholine rings is 1. The lowest BCUT2D eigenvalue weighted by atomic mass is 10.0. The van der Waals surface area contributed by atoms with Gasteiger partial charge in [-0.15, -0.1) is 0 Å². The van der Waals surface area contributed by atoms with Gasteiger partial charge in [-0.25, -0.2) is 4.98 Å². The van der Waals surface area contributed by atoms with Gasteiger partial charge < -0.3 is 9.64 Å². The van der Waals surface area contributed by atoms with E-state index in [0.717, 1.165) is 24.4 Å². The fourth-order valence-electron chi connectivity index (χ4n) is 3.53. The number of pyridine rings is 1. The third kappa shape index (κ3) is 2.87. The molecule has 1 aromatic heterocycles. The minimum Gasteiger partial charge on any atom is -0.372 e. The van der Waals surface area contributed by atoms with Crippen LogP contribution in [0, 0.1) is 0 Å². The summed E-state index contributed by atoms with van der Waals surface area (Å²) in [6.07, 6.45) is 0.427. The molecule has 3 nitrogen and oxygen atoms in total. The van der Waals surface area contributed by atoms with Gasteiger partial charge in [0.15, 0.2) is 0 Å². The van der Waals surface area contributed by atoms with Gasteiger partial charge in [0, 0.05) is 24.0 Å². The van der Waals surface area contributed by atoms with Gasteiger partial charge >= 0.3 is 0 Å². The van der Waals surface area contributed by atoms with E-state index in [1.807, 2.05) is 6.07 Å². The van der Waals surface area contributed by atoms with Crippen LogP contribution in [0.25, 0.3) is 22.0 Å². The van der Waals surface area contributed by atoms with Crippen molar-refractivity contribution in [2.75, 3.05) is 18.0 Å². The topological polar surface area (TPSA) is 25.4 Å². The maximum absolute atomic E-state index is 5.90. The molecule has 1 saturated heterocycles. The molecule has 0 bridgehead atoms. The van der Waals surface area contributed by atoms with Crippen LogP contribution in [0.2, 0.25) is 0 Å². The van der Waals surface area contributed by atoms with Gasteiger partial charge in [0.05, 0.1) is 17.7 Å². The number of ether oxygens (including phenoxy) is 1. The zero-order valence-electron chi connectivity index (χ0n) is 14.1. The van der Waals surface area contributed by atoms with Crippen LogP contribution in [0.1, 0.15) is 13.8 Å². The molecule has 122 valence electrons. The quantitative estimate of drug-likeness (QED) is 0.695. The fraction of sp³-hybridized carbons (Fsp3) is 0.286. The summed E-state index contributed by atoms with van der Waals surface area (Å²) in [5.41, 5.74) is 3.44. The maximum Gasteiger partial charge on any atom is 0.137 e. The van der Waals surface area contributed by atoms with Crippen LogP contribution < -0.4 is 4.90 Å². The Morgan fingerprint density at radius 1 is 0.917 bits per heavy atom. The smallest absolute Gasteiger partial charge is 0.137 e. The van der Waals surface area contributed by atoms with Crippen LogP contribution >= 0.6 is 0 Å². The average molecular weight is 318 g/mol. The number of fused-ring (bicyclic) bond motifs is 1. The van der Waals surface area contributed by atoms with Gasteiger partial charge in [-0.3, -0.25) is 0 Å². The number of hydrogen-bond acceptors (Lipinski definition) is 3. The third-order valence-corrected chi connectivity index (χ3v) is 4.51. The van der Waals surface area contributed by atoms with Crippen LogP contribution in [0.4, 0.5) is 5.82 Å². The van der Waals surface area contributed by atoms with Gasteiger partial charge in [-0.1, -0.05) is 48.5 Å². The van der Waals surface area contributed by atoms with E-state index < -0.39 is 0 Å². The first-order chi connectivity index (χ1) is 11.7. The molecule has 2 heterocycles. The lowest BCUT2D eigenvalue weighted by Crippen LogP contribution is -2.46. The van der Waals surface area contributed by atoms with E-state index in [9.17, 15) is 0 Å². The van der Waals surface area contributed by atoms with Crippen molar-refractivity contribution in [2.24, 2.45) is 0 Å². The SMILES string of the molecule is C[C@H]1CN(c2nc3ccccc3cc2-c2ccccc2)C[C@H](C)O1. The largest absolute Gasteiger partial charge is 0.372 e. The summed E-state index contributed by atoms with van der Waals surface area (Å²) in [6, 6.07) is 21.1. The molecule has 1 fully saturated rings. The van der Waals surface area contributed by atoms with Crippen molar-refractivity contribution >= 4 is 16.7 Å². The molecule has 4 rings (SSSR count). The first kappa shape index (κ1) is 15.2. The minimum absolute atomic E-state index is 0.214. The summed E-state index contributed by atoms with van der Waals surface area (Å²) in [4.78, 5) is 7.38. The zero-order chi connectivity index (χ0) is 16.5. The van der Waals surface area contributed by atoms with Crippen LogP contribution in [0.5, 0.6) is 0 Å². The molecule has 1 aliphatic heterocycles. The van der Waals surface area contributed by atoms with Gasteiger partial charge in [0.2, 0.25) is 0 Å². The van der Waals surface area contributed by atoms with E-state index in [-0.39, 0.29) is 12.2 Å². The second-order valence-electron chi connectivity index (χ2n) is 6.58. The van der Waals surface area contributed by atoms with Crippen molar-refractivity contribution in [3.8, 4) is 11.1 Å². The van der Waals surface area contributed by atoms with E-state index in [0.29, 0.717) is 0 Å². The monoisotopic (exact) mass is 318 g/mol. The van der Waals surface area contributed by atoms with Gasteiger partial charge in [-0.2, -0.15) is 0 Å². The Hall–Kier alpha value is -2.39. The molecule has 3 aromatic rings. The third-order valence-electron chi connectivity index (χ3n) is 4.51. The normalized spacial score (nSPS) is 21.2. The predicted molar refractivity (Wildman–Crippen MR) is 99.4 cm³/mol. The number of hydrogen-bond donors (Lipinski definition) is 0. The van der Waals surface area contributed by atoms with Gasteiger partial charge in [-0.05, 0) is 31.5 Å². The van der Waals surface area contributed by atoms with Crippen molar-refractivity contribution in [3.05, 3.63) is 60.7 Å². The number of benzene rings is 2. The summed E-state index contributed by atoms with van der Waals surface area (Å²) in [7, 11) is 0. The second-order valence-corrected chi connectivity index (χ2v) is 6.58. The van der Waals surface area contributed by atoms with Crippen molar-refractivity contribution in [3.63, 3.8) is 0 Å². The summed E-state index contributed by atoms with van der Waals surface area (Å²) in [5.74, 6) is 1.06. The Morgan fingerprint density at radius 2 is 1.58 bits per heavy atom. The van der Waals surface area contributed by atoms with Crippen LogP contribution in [-0.2, 0) is 4.74 Å². The highest BCUT2D eigenvalue weighted by Gasteiger charge is 2.25. The van der Waals surface area contributed by atoms with Crippen molar-refractivity contribution in [1.29, 1.82) is 0 Å². The Morgan fingerprint density at radius 3 is 2.33 bits per heavy atom. The fourth-order valence-corrected chi connectivity index (χ4v) is 3.53. The molecule has 3 heteroatoms. The lowest BCUT2D eigenvalue weighted by molar-refractivity contribution is -0.00540. The van der Waals surface area contributed by atoms with E-state index in [2.05, 4.69) is 73.3 Å². The lowest BCUT2D eigenvalue weighted by Gasteiger charge is -2.37. The van der Waals surface area contributed by atoms with Gasteiger partial charge in [0.25, 0.3) is 0 Å². The molecule has 0 radical (unpaired) electrons. The Labute approximate surface area is 142 Å². The Bertz CT molecular complexity index is 837. The number of para-hydroxylation sites is 1. The number of nitrogens with zero attached hydrogens (tertiary/aromatic N) is 2. The average Bonchev–Trinajstić information content (AvgIpc) is 2.60. The van der Waals surface area contributed by atoms with Gasteiger partial charge in [0.1, 0.15) is 5.82 Å². The summed E-state index contributed by atoms with van der Waals surface area (Å²) in [6.45, 7) is 6.00. The molecule has 1 aliphatic rings. The molecule has 0 aliphatic carbocycles. The van der Waals surface area contributed by atoms with Crippen LogP contribution in [-0.4, -0.2) is 30.3 Å². The van der Waals surface area contributed by atoms with Crippen LogP contribution in [0.3, 0.4) is 0 Å². The van der Waals surface area contributed by atoms with E-state index in [4.69, 9.17) is 9.72 Å². The molecular formula is C21H22N2O. The maximum atomic E-state index is 5.90. The predicted octanol–water partition coefficient (Wildman–Crippen LogP) is 4.52. The van der Waals surface area contributed by atoms with E-state index >= 15 is 0 Å². The summed E-state index contributed by atoms with van der Waals surface area (Å²) >= 11 is 0. The standard InChI is InChI=1S/C21H22N2O/c1-15-13-23(14-16(2)24-15)21-19(17-8-4-3-5-9-17)12-18-10-6-7-11-20(18)22-21/h3-12,15-16H,13-14H2,1-2H3/t15-,16-/m0/s1. The highest BCUT2D eigenvalue weighted by Crippen LogP contribution is 2.33. The first-order valence-electron chi connectivity index (χ1n) is 8.56. The molecule has 0 spiro atoms. The Balaban J connectivity index is 1.88. The molecular weight excluding hydrogens is 296 g/mol. The highest BCUT2D eigenvalue weighted by molar-refractivity contribution is 5.89. The molecule has 0 amide bonds. The first-order valence-corrected chi connectivity index (χ1v) is 8.56. The number of aromatic nitrogens is 1. The van der Waals surface area contributed by atoms with Crippen molar-refractivity contribution < 1.29 is 4.74 Å². The molecule has 0 saturated carbocycles. The molecule has 0 N–H and O–H groups in total. The molecule has 0 unspecified atom stereocenters. The van der Waals surface area contributed by atoms with Crippen LogP contribution in [0.15, 0.2) is 60.7 Å². The van der Waals surface area contributed by atoms with E-state index in [1.54, 1.807) is 0 Å². The van der Waals surface area contributed by atoms with Crippen molar-refractivity contribution in [1.82, 2.24) is 4.98 Å². The number of rotatable bonds is 2. The summed E-state index contributed by atoms with van der Waals surface area (Å²) in [5, 5.41) is 1.18. The molecule has 2 atom stereocenters. The molecule has 24 heavy (non-hydrogen) atoms. The minimum atomic E-state index is 0.214. The van der Waals surface area contributed by atoms with E-state index in [1.165, 1.54) is 16.5 Å². The second kappa shape index (κ2) is 6.25. The zero-order valence-corrected chi connectivity index (χ0v) is 14.1. The molecule has 2 aromatic carbocycles. The summed E-state index contributed by atoms with van der Waals surface area (Å²) < 4.78 is 5.90. The van der Waals surface area contributed by atoms with Crippen molar-refractivity contribution in [2.45, 2.75) is 26.1 Å². The Kier molecular flexibility index (Phi) is 3.95. The highest BCUT2D eigenvalue weighted by atomic mass is 16.5. The number of anilines is 1.